The molecule has 0 aromatic carbocycles. The summed E-state index contributed by atoms with van der Waals surface area (Å²) in [6.07, 6.45) is 2.92. The fraction of sp³-hybridized carbons (Fsp3) is 0.667. The number of aromatic nitrogens is 1. The Labute approximate surface area is 100 Å². The Hall–Kier alpha value is -1.36. The van der Waals surface area contributed by atoms with Crippen LogP contribution in [0.2, 0.25) is 0 Å². The summed E-state index contributed by atoms with van der Waals surface area (Å²) in [7, 11) is 0. The van der Waals surface area contributed by atoms with E-state index >= 15 is 0 Å². The van der Waals surface area contributed by atoms with Gasteiger partial charge in [-0.05, 0) is 33.1 Å². The predicted molar refractivity (Wildman–Crippen MR) is 61.7 cm³/mol. The molecule has 0 bridgehead atoms. The van der Waals surface area contributed by atoms with Crippen molar-refractivity contribution in [3.8, 4) is 0 Å². The molecule has 1 aliphatic rings. The fourth-order valence-corrected chi connectivity index (χ4v) is 2.39. The van der Waals surface area contributed by atoms with Crippen molar-refractivity contribution in [1.82, 2.24) is 10.1 Å². The maximum atomic E-state index is 12.4. The van der Waals surface area contributed by atoms with Gasteiger partial charge >= 0.3 is 0 Å². The van der Waals surface area contributed by atoms with E-state index in [1.54, 1.807) is 18.7 Å². The van der Waals surface area contributed by atoms with Gasteiger partial charge in [-0.15, -0.1) is 0 Å². The molecule has 1 aromatic rings. The lowest BCUT2D eigenvalue weighted by molar-refractivity contribution is 0.0500. The summed E-state index contributed by atoms with van der Waals surface area (Å²) in [6.45, 7) is 4.23. The van der Waals surface area contributed by atoms with Gasteiger partial charge in [0.05, 0.1) is 18.3 Å². The van der Waals surface area contributed by atoms with E-state index in [1.807, 2.05) is 0 Å². The van der Waals surface area contributed by atoms with Crippen molar-refractivity contribution in [1.29, 1.82) is 0 Å². The number of hydrogen-bond acceptors (Lipinski definition) is 4. The van der Waals surface area contributed by atoms with Gasteiger partial charge in [-0.3, -0.25) is 4.79 Å². The number of aliphatic hydroxyl groups excluding tert-OH is 1. The minimum Gasteiger partial charge on any atom is -0.394 e. The molecule has 2 rings (SSSR count). The van der Waals surface area contributed by atoms with Gasteiger partial charge in [-0.1, -0.05) is 5.16 Å². The first-order chi connectivity index (χ1) is 8.15. The third-order valence-electron chi connectivity index (χ3n) is 3.35. The number of amides is 1. The molecule has 5 nitrogen and oxygen atoms in total. The molecule has 1 fully saturated rings. The molecule has 1 aromatic heterocycles. The van der Waals surface area contributed by atoms with Crippen LogP contribution in [0, 0.1) is 13.8 Å². The molecule has 0 saturated carbocycles. The highest BCUT2D eigenvalue weighted by atomic mass is 16.5. The van der Waals surface area contributed by atoms with Gasteiger partial charge in [0, 0.05) is 6.54 Å². The first-order valence-electron chi connectivity index (χ1n) is 6.00. The Bertz CT molecular complexity index is 394. The summed E-state index contributed by atoms with van der Waals surface area (Å²) in [5.74, 6) is 0.481. The van der Waals surface area contributed by atoms with Crippen LogP contribution in [-0.4, -0.2) is 40.3 Å². The molecule has 1 atom stereocenters. The number of likely N-dealkylation sites (tertiary alicyclic amines) is 1. The number of rotatable bonds is 2. The smallest absolute Gasteiger partial charge is 0.259 e. The molecule has 2 heterocycles. The number of aliphatic hydroxyl groups is 1. The van der Waals surface area contributed by atoms with E-state index in [9.17, 15) is 9.90 Å². The standard InChI is InChI=1S/C12H18N2O3/c1-8-11(9(2)17-13-8)12(16)14-6-4-3-5-10(14)7-15/h10,15H,3-7H2,1-2H3. The molecular weight excluding hydrogens is 220 g/mol. The first kappa shape index (κ1) is 12.1. The maximum Gasteiger partial charge on any atom is 0.259 e. The molecule has 94 valence electrons. The van der Waals surface area contributed by atoms with Crippen molar-refractivity contribution >= 4 is 5.91 Å². The summed E-state index contributed by atoms with van der Waals surface area (Å²) in [5.41, 5.74) is 1.17. The monoisotopic (exact) mass is 238 g/mol. The second-order valence-corrected chi connectivity index (χ2v) is 4.53. The molecule has 17 heavy (non-hydrogen) atoms. The van der Waals surface area contributed by atoms with Gasteiger partial charge < -0.3 is 14.5 Å². The lowest BCUT2D eigenvalue weighted by Crippen LogP contribution is -2.45. The topological polar surface area (TPSA) is 66.6 Å². The zero-order valence-electron chi connectivity index (χ0n) is 10.3. The first-order valence-corrected chi connectivity index (χ1v) is 6.00. The van der Waals surface area contributed by atoms with Gasteiger partial charge in [-0.2, -0.15) is 0 Å². The minimum absolute atomic E-state index is 0.0229. The van der Waals surface area contributed by atoms with Crippen LogP contribution in [0.3, 0.4) is 0 Å². The number of carbonyl (C=O) groups is 1. The lowest BCUT2D eigenvalue weighted by atomic mass is 10.0. The third-order valence-corrected chi connectivity index (χ3v) is 3.35. The molecule has 1 N–H and O–H groups in total. The summed E-state index contributed by atoms with van der Waals surface area (Å²) >= 11 is 0. The molecule has 0 aliphatic carbocycles. The number of nitrogens with zero attached hydrogens (tertiary/aromatic N) is 2. The SMILES string of the molecule is Cc1noc(C)c1C(=O)N1CCCCC1CO. The highest BCUT2D eigenvalue weighted by Gasteiger charge is 2.30. The van der Waals surface area contributed by atoms with Crippen LogP contribution in [0.25, 0.3) is 0 Å². The minimum atomic E-state index is -0.0694. The molecule has 0 spiro atoms. The zero-order chi connectivity index (χ0) is 12.4. The van der Waals surface area contributed by atoms with E-state index in [4.69, 9.17) is 4.52 Å². The van der Waals surface area contributed by atoms with Crippen molar-refractivity contribution in [3.63, 3.8) is 0 Å². The second kappa shape index (κ2) is 4.87. The Balaban J connectivity index is 2.24. The van der Waals surface area contributed by atoms with Crippen LogP contribution >= 0.6 is 0 Å². The van der Waals surface area contributed by atoms with E-state index in [0.29, 0.717) is 23.6 Å². The highest BCUT2D eigenvalue weighted by Crippen LogP contribution is 2.22. The summed E-state index contributed by atoms with van der Waals surface area (Å²) in [6, 6.07) is -0.0649. The quantitative estimate of drug-likeness (QED) is 0.842. The van der Waals surface area contributed by atoms with Gasteiger partial charge in [0.15, 0.2) is 0 Å². The van der Waals surface area contributed by atoms with Crippen LogP contribution in [-0.2, 0) is 0 Å². The largest absolute Gasteiger partial charge is 0.394 e. The lowest BCUT2D eigenvalue weighted by Gasteiger charge is -2.34. The number of hydrogen-bond donors (Lipinski definition) is 1. The number of aryl methyl sites for hydroxylation is 2. The summed E-state index contributed by atoms with van der Waals surface area (Å²) in [4.78, 5) is 14.1. The van der Waals surface area contributed by atoms with Crippen LogP contribution in [0.1, 0.15) is 41.1 Å². The van der Waals surface area contributed by atoms with E-state index in [1.165, 1.54) is 0 Å². The highest BCUT2D eigenvalue weighted by molar-refractivity contribution is 5.96. The third kappa shape index (κ3) is 2.20. The summed E-state index contributed by atoms with van der Waals surface area (Å²) in [5, 5.41) is 13.1. The second-order valence-electron chi connectivity index (χ2n) is 4.53. The van der Waals surface area contributed by atoms with Crippen LogP contribution < -0.4 is 0 Å². The molecular formula is C12H18N2O3. The van der Waals surface area contributed by atoms with Gasteiger partial charge in [0.25, 0.3) is 5.91 Å². The average Bonchev–Trinajstić information content (AvgIpc) is 2.68. The van der Waals surface area contributed by atoms with E-state index in [2.05, 4.69) is 5.16 Å². The van der Waals surface area contributed by atoms with Crippen molar-refractivity contribution in [3.05, 3.63) is 17.0 Å². The molecule has 5 heteroatoms. The van der Waals surface area contributed by atoms with Crippen molar-refractivity contribution < 1.29 is 14.4 Å². The van der Waals surface area contributed by atoms with E-state index < -0.39 is 0 Å². The Kier molecular flexibility index (Phi) is 3.47. The Morgan fingerprint density at radius 3 is 2.88 bits per heavy atom. The Morgan fingerprint density at radius 2 is 2.29 bits per heavy atom. The normalized spacial score (nSPS) is 20.6. The molecule has 1 saturated heterocycles. The molecule has 1 aliphatic heterocycles. The van der Waals surface area contributed by atoms with Crippen LogP contribution in [0.5, 0.6) is 0 Å². The molecule has 1 unspecified atom stereocenters. The summed E-state index contributed by atoms with van der Waals surface area (Å²) < 4.78 is 5.02. The van der Waals surface area contributed by atoms with Gasteiger partial charge in [0.2, 0.25) is 0 Å². The molecule has 0 radical (unpaired) electrons. The van der Waals surface area contributed by atoms with Gasteiger partial charge in [-0.25, -0.2) is 0 Å². The average molecular weight is 238 g/mol. The zero-order valence-corrected chi connectivity index (χ0v) is 10.3. The number of piperidine rings is 1. The van der Waals surface area contributed by atoms with Crippen molar-refractivity contribution in [2.24, 2.45) is 0 Å². The predicted octanol–water partition coefficient (Wildman–Crippen LogP) is 1.28. The van der Waals surface area contributed by atoms with E-state index in [0.717, 1.165) is 19.3 Å². The van der Waals surface area contributed by atoms with Gasteiger partial charge in [0.1, 0.15) is 11.3 Å². The van der Waals surface area contributed by atoms with Crippen LogP contribution in [0.4, 0.5) is 0 Å². The molecule has 1 amide bonds. The van der Waals surface area contributed by atoms with Crippen molar-refractivity contribution in [2.45, 2.75) is 39.2 Å². The Morgan fingerprint density at radius 1 is 1.53 bits per heavy atom. The maximum absolute atomic E-state index is 12.4. The van der Waals surface area contributed by atoms with Crippen LogP contribution in [0.15, 0.2) is 4.52 Å². The van der Waals surface area contributed by atoms with Crippen molar-refractivity contribution in [2.75, 3.05) is 13.2 Å². The number of carbonyl (C=O) groups excluding carboxylic acids is 1. The van der Waals surface area contributed by atoms with E-state index in [-0.39, 0.29) is 18.6 Å². The fourth-order valence-electron chi connectivity index (χ4n) is 2.39.